The summed E-state index contributed by atoms with van der Waals surface area (Å²) in [6.07, 6.45) is 21.9. The van der Waals surface area contributed by atoms with Gasteiger partial charge in [0.2, 0.25) is 0 Å². The van der Waals surface area contributed by atoms with E-state index in [0.29, 0.717) is 0 Å². The van der Waals surface area contributed by atoms with Crippen molar-refractivity contribution in [3.05, 3.63) is 107 Å². The molecule has 1 aromatic carbocycles. The van der Waals surface area contributed by atoms with Gasteiger partial charge in [0.05, 0.1) is 0 Å². The van der Waals surface area contributed by atoms with Gasteiger partial charge in [-0.3, -0.25) is 4.90 Å². The molecule has 1 aliphatic carbocycles. The van der Waals surface area contributed by atoms with Gasteiger partial charge in [-0.15, -0.1) is 0 Å². The van der Waals surface area contributed by atoms with Gasteiger partial charge in [0.1, 0.15) is 0 Å². The lowest BCUT2D eigenvalue weighted by atomic mass is 10.0. The second kappa shape index (κ2) is 36.5. The molecule has 0 spiro atoms. The van der Waals surface area contributed by atoms with E-state index in [4.69, 9.17) is 0 Å². The van der Waals surface area contributed by atoms with Gasteiger partial charge in [0.25, 0.3) is 0 Å². The van der Waals surface area contributed by atoms with Crippen molar-refractivity contribution in [3.63, 3.8) is 0 Å². The van der Waals surface area contributed by atoms with Crippen LogP contribution in [0, 0.1) is 25.7 Å². The SMILES string of the molecule is C=C/C=C(\C=C/C)C/C(C)=C/C=C(\C)C(=C)C.CC.CC.CC.CC.CCC1CC1.Cc1ccc(CN2CCCC(C)CC2)cc1C. The summed E-state index contributed by atoms with van der Waals surface area (Å²) < 4.78 is 0. The Balaban J connectivity index is -0.000000288. The van der Waals surface area contributed by atoms with Crippen LogP contribution in [0.3, 0.4) is 0 Å². The summed E-state index contributed by atoms with van der Waals surface area (Å²) in [5.41, 5.74) is 9.25. The number of hydrogen-bond donors (Lipinski definition) is 0. The van der Waals surface area contributed by atoms with Crippen molar-refractivity contribution in [2.75, 3.05) is 13.1 Å². The average molecular weight is 650 g/mol. The van der Waals surface area contributed by atoms with Crippen LogP contribution in [0.2, 0.25) is 0 Å². The molecule has 0 N–H and O–H groups in total. The second-order valence-corrected chi connectivity index (χ2v) is 11.9. The first-order valence-electron chi connectivity index (χ1n) is 19.3. The summed E-state index contributed by atoms with van der Waals surface area (Å²) in [4.78, 5) is 2.62. The average Bonchev–Trinajstić information content (AvgIpc) is 3.95. The number of aryl methyl sites for hydroxylation is 2. The molecular formula is C46H83N. The van der Waals surface area contributed by atoms with Crippen molar-refractivity contribution in [1.82, 2.24) is 4.90 Å². The van der Waals surface area contributed by atoms with E-state index in [0.717, 1.165) is 30.4 Å². The Kier molecular flexibility index (Phi) is 39.9. The summed E-state index contributed by atoms with van der Waals surface area (Å²) in [6, 6.07) is 6.89. The van der Waals surface area contributed by atoms with Crippen molar-refractivity contribution in [1.29, 1.82) is 0 Å². The topological polar surface area (TPSA) is 3.24 Å². The summed E-state index contributed by atoms with van der Waals surface area (Å²) in [6.45, 7) is 44.7. The van der Waals surface area contributed by atoms with Gasteiger partial charge in [-0.1, -0.05) is 167 Å². The van der Waals surface area contributed by atoms with E-state index >= 15 is 0 Å². The minimum atomic E-state index is 0.916. The highest BCUT2D eigenvalue weighted by molar-refractivity contribution is 5.33. The number of hydrogen-bond acceptors (Lipinski definition) is 1. The van der Waals surface area contributed by atoms with Gasteiger partial charge in [-0.2, -0.15) is 0 Å². The highest BCUT2D eigenvalue weighted by Crippen LogP contribution is 2.31. The lowest BCUT2D eigenvalue weighted by Crippen LogP contribution is -2.24. The van der Waals surface area contributed by atoms with E-state index in [1.165, 1.54) is 85.0 Å². The number of likely N-dealkylation sites (tertiary alicyclic amines) is 1. The van der Waals surface area contributed by atoms with Crippen LogP contribution in [0.25, 0.3) is 0 Å². The van der Waals surface area contributed by atoms with Crippen LogP contribution in [0.4, 0.5) is 0 Å². The Labute approximate surface area is 298 Å². The lowest BCUT2D eigenvalue weighted by Gasteiger charge is -2.20. The Morgan fingerprint density at radius 1 is 0.830 bits per heavy atom. The number of rotatable bonds is 9. The highest BCUT2D eigenvalue weighted by atomic mass is 15.1. The number of allylic oxidation sites excluding steroid dienone is 10. The molecule has 1 saturated heterocycles. The number of nitrogens with zero attached hydrogens (tertiary/aromatic N) is 1. The first-order valence-corrected chi connectivity index (χ1v) is 19.3. The molecule has 1 aromatic rings. The molecule has 1 aliphatic heterocycles. The first kappa shape index (κ1) is 51.5. The predicted molar refractivity (Wildman–Crippen MR) is 223 cm³/mol. The maximum absolute atomic E-state index is 3.92. The zero-order chi connectivity index (χ0) is 37.2. The fraction of sp³-hybridized carbons (Fsp3) is 0.609. The maximum Gasteiger partial charge on any atom is 0.0233 e. The fourth-order valence-electron chi connectivity index (χ4n) is 4.50. The Hall–Kier alpha value is -2.38. The molecule has 47 heavy (non-hydrogen) atoms. The second-order valence-electron chi connectivity index (χ2n) is 11.9. The molecule has 0 bridgehead atoms. The molecule has 3 rings (SSSR count). The molecule has 1 heteroatoms. The van der Waals surface area contributed by atoms with Crippen molar-refractivity contribution in [2.45, 2.75) is 162 Å². The predicted octanol–water partition coefficient (Wildman–Crippen LogP) is 15.4. The summed E-state index contributed by atoms with van der Waals surface area (Å²) in [7, 11) is 0. The molecule has 1 heterocycles. The molecule has 1 unspecified atom stereocenters. The molecule has 1 nitrogen and oxygen atoms in total. The van der Waals surface area contributed by atoms with Crippen LogP contribution in [-0.2, 0) is 6.54 Å². The van der Waals surface area contributed by atoms with E-state index in [-0.39, 0.29) is 0 Å². The zero-order valence-corrected chi connectivity index (χ0v) is 34.8. The maximum atomic E-state index is 3.92. The minimum Gasteiger partial charge on any atom is -0.299 e. The Bertz CT molecular complexity index is 996. The van der Waals surface area contributed by atoms with Crippen LogP contribution in [0.1, 0.15) is 159 Å². The normalized spacial score (nSPS) is 16.3. The Morgan fingerprint density at radius 2 is 1.43 bits per heavy atom. The lowest BCUT2D eigenvalue weighted by molar-refractivity contribution is 0.273. The van der Waals surface area contributed by atoms with Gasteiger partial charge in [0.15, 0.2) is 0 Å². The molecule has 1 saturated carbocycles. The molecule has 0 aromatic heterocycles. The number of benzene rings is 1. The fourth-order valence-corrected chi connectivity index (χ4v) is 4.50. The van der Waals surface area contributed by atoms with Crippen molar-refractivity contribution < 1.29 is 0 Å². The summed E-state index contributed by atoms with van der Waals surface area (Å²) in [5, 5.41) is 0. The van der Waals surface area contributed by atoms with Crippen LogP contribution in [0.15, 0.2) is 90.1 Å². The van der Waals surface area contributed by atoms with Crippen molar-refractivity contribution >= 4 is 0 Å². The summed E-state index contributed by atoms with van der Waals surface area (Å²) in [5.74, 6) is 2.05. The standard InChI is InChI=1S/C17H24.C16H25N.C5H10.4C2H6/c1-7-9-17(10-8-2)13-15(5)11-12-16(6)14(3)4;1-13-5-4-9-17(10-8-13)12-16-7-6-14(2)15(3)11-16;1-2-5-3-4-5;4*1-2/h7-12H,1,3,13H2,2,4-6H3;6-7,11,13H,4-5,8-10,12H2,1-3H3;5H,2-4H2,1H3;4*1-2H3/b10-8-,15-11+,16-12+,17-9+;;;;;;. The monoisotopic (exact) mass is 650 g/mol. The summed E-state index contributed by atoms with van der Waals surface area (Å²) >= 11 is 0. The van der Waals surface area contributed by atoms with Crippen LogP contribution in [-0.4, -0.2) is 18.0 Å². The molecule has 2 aliphatic rings. The molecule has 2 fully saturated rings. The van der Waals surface area contributed by atoms with Gasteiger partial charge in [-0.25, -0.2) is 0 Å². The highest BCUT2D eigenvalue weighted by Gasteiger charge is 2.17. The van der Waals surface area contributed by atoms with E-state index in [1.807, 2.05) is 81.4 Å². The van der Waals surface area contributed by atoms with Gasteiger partial charge in [0, 0.05) is 6.54 Å². The van der Waals surface area contributed by atoms with Crippen LogP contribution >= 0.6 is 0 Å². The Morgan fingerprint density at radius 3 is 1.87 bits per heavy atom. The third-order valence-electron chi connectivity index (χ3n) is 7.85. The van der Waals surface area contributed by atoms with Crippen LogP contribution < -0.4 is 0 Å². The smallest absolute Gasteiger partial charge is 0.0233 e. The first-order chi connectivity index (χ1) is 22.6. The van der Waals surface area contributed by atoms with E-state index in [9.17, 15) is 0 Å². The molecule has 1 atom stereocenters. The van der Waals surface area contributed by atoms with Crippen molar-refractivity contribution in [3.8, 4) is 0 Å². The molecule has 0 amide bonds. The zero-order valence-electron chi connectivity index (χ0n) is 34.8. The quantitative estimate of drug-likeness (QED) is 0.241. The largest absolute Gasteiger partial charge is 0.299 e. The minimum absolute atomic E-state index is 0.916. The molecule has 0 radical (unpaired) electrons. The third-order valence-corrected chi connectivity index (χ3v) is 7.85. The van der Waals surface area contributed by atoms with E-state index in [1.54, 1.807) is 0 Å². The van der Waals surface area contributed by atoms with E-state index < -0.39 is 0 Å². The third kappa shape index (κ3) is 30.7. The van der Waals surface area contributed by atoms with Gasteiger partial charge >= 0.3 is 0 Å². The van der Waals surface area contributed by atoms with Crippen molar-refractivity contribution in [2.24, 2.45) is 11.8 Å². The molecule has 272 valence electrons. The van der Waals surface area contributed by atoms with E-state index in [2.05, 4.69) is 102 Å². The molecular weight excluding hydrogens is 567 g/mol. The van der Waals surface area contributed by atoms with Gasteiger partial charge in [-0.05, 0) is 120 Å². The van der Waals surface area contributed by atoms with Gasteiger partial charge < -0.3 is 0 Å². The van der Waals surface area contributed by atoms with Crippen LogP contribution in [0.5, 0.6) is 0 Å².